The Morgan fingerprint density at radius 3 is 2.39 bits per heavy atom. The molecule has 3 amide bonds. The van der Waals surface area contributed by atoms with Crippen molar-refractivity contribution in [1.82, 2.24) is 14.2 Å². The summed E-state index contributed by atoms with van der Waals surface area (Å²) in [5, 5.41) is 2.14. The van der Waals surface area contributed by atoms with Crippen LogP contribution in [0.15, 0.2) is 35.3 Å². The number of carbonyl (C=O) groups is 3. The molecule has 16 heteroatoms. The molecule has 0 aliphatic carbocycles. The molecule has 2 aromatic carbocycles. The summed E-state index contributed by atoms with van der Waals surface area (Å²) in [6.07, 6.45) is -0.130. The maximum atomic E-state index is 16.0. The molecule has 0 saturated carbocycles. The number of benzene rings is 2. The van der Waals surface area contributed by atoms with Gasteiger partial charge in [0.1, 0.15) is 29.0 Å². The molecule has 0 spiro atoms. The van der Waals surface area contributed by atoms with Gasteiger partial charge in [0.05, 0.1) is 42.0 Å². The predicted molar refractivity (Wildman–Crippen MR) is 168 cm³/mol. The van der Waals surface area contributed by atoms with Crippen molar-refractivity contribution in [2.24, 2.45) is 0 Å². The molecule has 246 valence electrons. The maximum Gasteiger partial charge on any atom is 0.414 e. The van der Waals surface area contributed by atoms with E-state index in [4.69, 9.17) is 9.47 Å². The Bertz CT molecular complexity index is 1750. The zero-order valence-corrected chi connectivity index (χ0v) is 26.3. The Balaban J connectivity index is 1.32. The molecule has 1 atom stereocenters. The van der Waals surface area contributed by atoms with E-state index in [1.54, 1.807) is 24.8 Å². The lowest BCUT2D eigenvalue weighted by molar-refractivity contribution is 0.0524. The number of carbonyl (C=O) groups excluding carboxylic acids is 3. The van der Waals surface area contributed by atoms with Crippen LogP contribution in [0.25, 0.3) is 10.9 Å². The SMILES string of the molecule is CCOC(=O)c1cn(CC)c2c(F)c(N3CCN(c4ccc(N5CC(CN(S)C(=O)NC)OC5=O)cc4F)CC3)c(F)cc2c1=O. The Hall–Kier alpha value is -4.60. The van der Waals surface area contributed by atoms with Gasteiger partial charge in [0.25, 0.3) is 0 Å². The molecule has 12 nitrogen and oxygen atoms in total. The van der Waals surface area contributed by atoms with Crippen LogP contribution in [0.1, 0.15) is 24.2 Å². The van der Waals surface area contributed by atoms with Gasteiger partial charge in [-0.3, -0.25) is 14.0 Å². The van der Waals surface area contributed by atoms with E-state index in [1.165, 1.54) is 39.7 Å². The molecule has 2 fully saturated rings. The van der Waals surface area contributed by atoms with E-state index in [0.717, 1.165) is 10.4 Å². The van der Waals surface area contributed by atoms with Crippen molar-refractivity contribution in [2.45, 2.75) is 26.5 Å². The average molecular weight is 663 g/mol. The highest BCUT2D eigenvalue weighted by Crippen LogP contribution is 2.33. The number of esters is 1. The first kappa shape index (κ1) is 32.8. The minimum absolute atomic E-state index is 0.0272. The topological polar surface area (TPSA) is 117 Å². The number of halogens is 3. The first-order chi connectivity index (χ1) is 22.0. The smallest absolute Gasteiger partial charge is 0.414 e. The lowest BCUT2D eigenvalue weighted by Gasteiger charge is -2.38. The van der Waals surface area contributed by atoms with Crippen molar-refractivity contribution in [3.63, 3.8) is 0 Å². The van der Waals surface area contributed by atoms with Crippen molar-refractivity contribution in [3.8, 4) is 0 Å². The minimum atomic E-state index is -0.957. The van der Waals surface area contributed by atoms with Crippen molar-refractivity contribution < 1.29 is 37.0 Å². The number of anilines is 3. The fourth-order valence-corrected chi connectivity index (χ4v) is 5.98. The fraction of sp³-hybridized carbons (Fsp3) is 0.400. The van der Waals surface area contributed by atoms with Crippen LogP contribution >= 0.6 is 12.8 Å². The van der Waals surface area contributed by atoms with Crippen LogP contribution in [0.3, 0.4) is 0 Å². The van der Waals surface area contributed by atoms with Crippen LogP contribution in [0.4, 0.5) is 39.8 Å². The summed E-state index contributed by atoms with van der Waals surface area (Å²) < 4.78 is 59.5. The summed E-state index contributed by atoms with van der Waals surface area (Å²) in [4.78, 5) is 54.0. The monoisotopic (exact) mass is 662 g/mol. The summed E-state index contributed by atoms with van der Waals surface area (Å²) in [6.45, 7) is 4.37. The van der Waals surface area contributed by atoms with Crippen LogP contribution in [0.5, 0.6) is 0 Å². The highest BCUT2D eigenvalue weighted by Gasteiger charge is 2.35. The number of pyridine rings is 1. The number of thiol groups is 1. The molecule has 2 aliphatic rings. The van der Waals surface area contributed by atoms with Gasteiger partial charge < -0.3 is 29.2 Å². The van der Waals surface area contributed by atoms with Gasteiger partial charge in [-0.2, -0.15) is 0 Å². The molecule has 2 aliphatic heterocycles. The number of cyclic esters (lactones) is 1. The molecule has 46 heavy (non-hydrogen) atoms. The number of nitrogens with zero attached hydrogens (tertiary/aromatic N) is 5. The number of hydrogen-bond donors (Lipinski definition) is 2. The van der Waals surface area contributed by atoms with E-state index in [-0.39, 0.29) is 85.9 Å². The number of hydrogen-bond acceptors (Lipinski definition) is 9. The highest BCUT2D eigenvalue weighted by atomic mass is 32.1. The summed E-state index contributed by atoms with van der Waals surface area (Å²) >= 11 is 4.07. The number of aromatic nitrogens is 1. The minimum Gasteiger partial charge on any atom is -0.462 e. The molecule has 3 aromatic rings. The third kappa shape index (κ3) is 6.12. The number of nitrogens with one attached hydrogen (secondary N) is 1. The van der Waals surface area contributed by atoms with Gasteiger partial charge in [-0.25, -0.2) is 27.6 Å². The predicted octanol–water partition coefficient (Wildman–Crippen LogP) is 3.75. The van der Waals surface area contributed by atoms with Gasteiger partial charge in [0.15, 0.2) is 5.82 Å². The van der Waals surface area contributed by atoms with Crippen LogP contribution in [-0.4, -0.2) is 86.0 Å². The molecule has 0 radical (unpaired) electrons. The first-order valence-corrected chi connectivity index (χ1v) is 15.1. The van der Waals surface area contributed by atoms with Crippen molar-refractivity contribution >= 4 is 58.9 Å². The van der Waals surface area contributed by atoms with Crippen LogP contribution in [0, 0.1) is 17.5 Å². The van der Waals surface area contributed by atoms with E-state index < -0.39 is 47.1 Å². The van der Waals surface area contributed by atoms with Crippen molar-refractivity contribution in [2.75, 3.05) is 67.6 Å². The second-order valence-corrected chi connectivity index (χ2v) is 11.1. The molecule has 1 aromatic heterocycles. The molecule has 2 saturated heterocycles. The molecule has 1 unspecified atom stereocenters. The Morgan fingerprint density at radius 1 is 1.07 bits per heavy atom. The van der Waals surface area contributed by atoms with E-state index in [1.807, 2.05) is 0 Å². The molecular formula is C30H33F3N6O6S. The standard InChI is InChI=1S/C30H33F3N6O6S/c1-4-35-16-20(28(41)44-5-2)27(40)19-13-22(32)26(24(33)25(19)35)37-10-8-36(9-11-37)23-7-6-17(12-21(23)31)38-14-18(45-30(38)43)15-39(46)29(42)34-3/h6-7,12-13,16,18,46H,4-5,8-11,14-15H2,1-3H3,(H,34,42). The zero-order valence-electron chi connectivity index (χ0n) is 25.4. The van der Waals surface area contributed by atoms with Crippen LogP contribution in [0.2, 0.25) is 0 Å². The van der Waals surface area contributed by atoms with Crippen molar-refractivity contribution in [3.05, 3.63) is 63.7 Å². The Morgan fingerprint density at radius 2 is 1.76 bits per heavy atom. The van der Waals surface area contributed by atoms with Crippen LogP contribution < -0.4 is 25.4 Å². The lowest BCUT2D eigenvalue weighted by atomic mass is 10.1. The lowest BCUT2D eigenvalue weighted by Crippen LogP contribution is -2.47. The highest BCUT2D eigenvalue weighted by molar-refractivity contribution is 7.78. The third-order valence-corrected chi connectivity index (χ3v) is 8.29. The second-order valence-electron chi connectivity index (χ2n) is 10.7. The fourth-order valence-electron chi connectivity index (χ4n) is 5.69. The summed E-state index contributed by atoms with van der Waals surface area (Å²) in [7, 11) is 1.44. The quantitative estimate of drug-likeness (QED) is 0.277. The summed E-state index contributed by atoms with van der Waals surface area (Å²) in [5.41, 5.74) is -1.05. The summed E-state index contributed by atoms with van der Waals surface area (Å²) in [5.74, 6) is -3.36. The molecular weight excluding hydrogens is 629 g/mol. The molecule has 0 bridgehead atoms. The Labute approximate surface area is 267 Å². The van der Waals surface area contributed by atoms with E-state index in [2.05, 4.69) is 18.1 Å². The van der Waals surface area contributed by atoms with Gasteiger partial charge in [0.2, 0.25) is 5.43 Å². The first-order valence-electron chi connectivity index (χ1n) is 14.7. The van der Waals surface area contributed by atoms with Crippen molar-refractivity contribution in [1.29, 1.82) is 0 Å². The number of urea groups is 1. The van der Waals surface area contributed by atoms with Crippen LogP contribution in [-0.2, 0) is 16.0 Å². The second kappa shape index (κ2) is 13.4. The molecule has 5 rings (SSSR count). The van der Waals surface area contributed by atoms with Gasteiger partial charge in [-0.15, -0.1) is 0 Å². The third-order valence-electron chi connectivity index (χ3n) is 7.94. The number of amides is 3. The van der Waals surface area contributed by atoms with Gasteiger partial charge in [-0.1, -0.05) is 12.8 Å². The number of piperazine rings is 1. The number of rotatable bonds is 8. The summed E-state index contributed by atoms with van der Waals surface area (Å²) in [6, 6.07) is 4.78. The number of aryl methyl sites for hydroxylation is 1. The van der Waals surface area contributed by atoms with Gasteiger partial charge in [0, 0.05) is 46.0 Å². The largest absolute Gasteiger partial charge is 0.462 e. The van der Waals surface area contributed by atoms with E-state index >= 15 is 13.2 Å². The van der Waals surface area contributed by atoms with E-state index in [9.17, 15) is 19.2 Å². The van der Waals surface area contributed by atoms with Gasteiger partial charge in [-0.05, 0) is 38.1 Å². The van der Waals surface area contributed by atoms with Gasteiger partial charge >= 0.3 is 18.1 Å². The maximum absolute atomic E-state index is 16.0. The normalized spacial score (nSPS) is 16.5. The van der Waals surface area contributed by atoms with E-state index in [0.29, 0.717) is 0 Å². The average Bonchev–Trinajstić information content (AvgIpc) is 3.40. The molecule has 1 N–H and O–H groups in total. The number of ether oxygens (including phenoxy) is 2. The zero-order chi connectivity index (χ0) is 33.3. The Kier molecular flexibility index (Phi) is 9.55. The molecule has 3 heterocycles. The number of fused-ring (bicyclic) bond motifs is 1.